The molecule has 0 heterocycles. The van der Waals surface area contributed by atoms with Crippen LogP contribution in [0.4, 0.5) is 0 Å². The molecule has 0 saturated carbocycles. The fourth-order valence-electron chi connectivity index (χ4n) is 0.899. The van der Waals surface area contributed by atoms with Gasteiger partial charge in [0.05, 0.1) is 5.75 Å². The highest BCUT2D eigenvalue weighted by Gasteiger charge is 2.09. The van der Waals surface area contributed by atoms with Crippen LogP contribution in [0.1, 0.15) is 13.8 Å². The Balaban J connectivity index is 4.35. The van der Waals surface area contributed by atoms with Gasteiger partial charge in [0.15, 0.2) is 0 Å². The van der Waals surface area contributed by atoms with Crippen LogP contribution in [-0.4, -0.2) is 50.9 Å². The number of guanidine groups is 1. The lowest BCUT2D eigenvalue weighted by molar-refractivity contribution is 0.501. The van der Waals surface area contributed by atoms with Crippen LogP contribution in [0.15, 0.2) is 4.99 Å². The molecule has 0 aliphatic carbocycles. The highest BCUT2D eigenvalue weighted by atomic mass is 32.2. The number of hydrogen-bond donors (Lipinski definition) is 2. The van der Waals surface area contributed by atoms with E-state index in [1.807, 2.05) is 13.8 Å². The van der Waals surface area contributed by atoms with Gasteiger partial charge in [-0.05, 0) is 13.8 Å². The predicted molar refractivity (Wildman–Crippen MR) is 62.2 cm³/mol. The van der Waals surface area contributed by atoms with Crippen molar-refractivity contribution in [3.8, 4) is 0 Å². The van der Waals surface area contributed by atoms with Gasteiger partial charge in [0.2, 0.25) is 5.96 Å². The number of nitrogens with one attached hydrogen (secondary N) is 1. The van der Waals surface area contributed by atoms with Crippen LogP contribution in [0.5, 0.6) is 0 Å². The minimum atomic E-state index is -2.95. The Morgan fingerprint density at radius 2 is 2.07 bits per heavy atom. The molecule has 3 N–H and O–H groups in total. The summed E-state index contributed by atoms with van der Waals surface area (Å²) in [5, 5.41) is 0. The van der Waals surface area contributed by atoms with E-state index in [0.717, 1.165) is 0 Å². The zero-order valence-electron chi connectivity index (χ0n) is 9.69. The maximum absolute atomic E-state index is 11.0. The van der Waals surface area contributed by atoms with Crippen LogP contribution in [0.2, 0.25) is 0 Å². The molecule has 0 amide bonds. The van der Waals surface area contributed by atoms with Crippen LogP contribution in [0.25, 0.3) is 0 Å². The quantitative estimate of drug-likeness (QED) is 0.288. The summed E-state index contributed by atoms with van der Waals surface area (Å²) in [5.74, 6) is 5.87. The average molecular weight is 236 g/mol. The number of sulfone groups is 1. The summed E-state index contributed by atoms with van der Waals surface area (Å²) in [5.41, 5.74) is 2.45. The van der Waals surface area contributed by atoms with Crippen LogP contribution in [0.3, 0.4) is 0 Å². The van der Waals surface area contributed by atoms with Crippen LogP contribution >= 0.6 is 0 Å². The second-order valence-corrected chi connectivity index (χ2v) is 6.00. The van der Waals surface area contributed by atoms with E-state index in [-0.39, 0.29) is 11.8 Å². The molecule has 0 aliphatic heterocycles. The fraction of sp³-hybridized carbons (Fsp3) is 0.875. The smallest absolute Gasteiger partial charge is 0.208 e. The van der Waals surface area contributed by atoms with Gasteiger partial charge in [-0.1, -0.05) is 0 Å². The second kappa shape index (κ2) is 5.92. The summed E-state index contributed by atoms with van der Waals surface area (Å²) in [6.45, 7) is 4.21. The second-order valence-electron chi connectivity index (χ2n) is 3.74. The third-order valence-electron chi connectivity index (χ3n) is 1.67. The summed E-state index contributed by atoms with van der Waals surface area (Å²) in [4.78, 5) is 5.89. The van der Waals surface area contributed by atoms with Crippen molar-refractivity contribution in [3.63, 3.8) is 0 Å². The molecule has 90 valence electrons. The summed E-state index contributed by atoms with van der Waals surface area (Å²) in [6, 6.07) is 0.108. The maximum atomic E-state index is 11.0. The highest BCUT2D eigenvalue weighted by Crippen LogP contribution is 1.92. The summed E-state index contributed by atoms with van der Waals surface area (Å²) >= 11 is 0. The van der Waals surface area contributed by atoms with Gasteiger partial charge in [-0.2, -0.15) is 0 Å². The molecule has 0 aliphatic rings. The first-order chi connectivity index (χ1) is 6.76. The Morgan fingerprint density at radius 3 is 2.40 bits per heavy atom. The first-order valence-electron chi connectivity index (χ1n) is 4.69. The van der Waals surface area contributed by atoms with E-state index in [9.17, 15) is 8.42 Å². The van der Waals surface area contributed by atoms with Gasteiger partial charge in [0, 0.05) is 25.9 Å². The molecule has 15 heavy (non-hydrogen) atoms. The van der Waals surface area contributed by atoms with E-state index in [2.05, 4.69) is 10.4 Å². The molecule has 0 rings (SSSR count). The molecule has 0 aromatic rings. The number of hydrazine groups is 1. The summed E-state index contributed by atoms with van der Waals surface area (Å²) in [7, 11) is -1.21. The molecule has 7 heteroatoms. The van der Waals surface area contributed by atoms with Crippen LogP contribution in [-0.2, 0) is 9.84 Å². The summed E-state index contributed by atoms with van der Waals surface area (Å²) < 4.78 is 21.9. The molecule has 0 aromatic heterocycles. The Labute approximate surface area is 91.4 Å². The monoisotopic (exact) mass is 236 g/mol. The maximum Gasteiger partial charge on any atom is 0.208 e. The normalized spacial score (nSPS) is 13.1. The van der Waals surface area contributed by atoms with Gasteiger partial charge in [0.25, 0.3) is 0 Å². The largest absolute Gasteiger partial charge is 0.344 e. The number of aliphatic imine (C=N–C) groups is 1. The van der Waals surface area contributed by atoms with Gasteiger partial charge >= 0.3 is 0 Å². The first kappa shape index (κ1) is 14.2. The van der Waals surface area contributed by atoms with Crippen molar-refractivity contribution in [2.45, 2.75) is 19.9 Å². The van der Waals surface area contributed by atoms with Crippen molar-refractivity contribution in [3.05, 3.63) is 0 Å². The van der Waals surface area contributed by atoms with E-state index in [0.29, 0.717) is 12.5 Å². The van der Waals surface area contributed by atoms with E-state index >= 15 is 0 Å². The van der Waals surface area contributed by atoms with Crippen molar-refractivity contribution in [1.82, 2.24) is 10.3 Å². The van der Waals surface area contributed by atoms with E-state index in [4.69, 9.17) is 5.84 Å². The first-order valence-corrected chi connectivity index (χ1v) is 6.75. The van der Waals surface area contributed by atoms with Crippen molar-refractivity contribution in [2.75, 3.05) is 25.6 Å². The molecule has 0 aromatic carbocycles. The topological polar surface area (TPSA) is 87.8 Å². The van der Waals surface area contributed by atoms with Gasteiger partial charge in [-0.25, -0.2) is 19.3 Å². The Hall–Kier alpha value is -0.820. The van der Waals surface area contributed by atoms with Crippen molar-refractivity contribution >= 4 is 15.8 Å². The molecule has 0 saturated heterocycles. The molecule has 0 spiro atoms. The van der Waals surface area contributed by atoms with Crippen LogP contribution in [0, 0.1) is 0 Å². The van der Waals surface area contributed by atoms with E-state index in [1.54, 1.807) is 11.9 Å². The molecule has 0 radical (unpaired) electrons. The van der Waals surface area contributed by atoms with Gasteiger partial charge in [0.1, 0.15) is 9.84 Å². The molecule has 0 fully saturated rings. The standard InChI is InChI=1S/C8H20N4O2S/c1-7(2)10-8(11-9)12(3)5-6-15(4,13)14/h7H,5-6,9H2,1-4H3,(H,10,11). The highest BCUT2D eigenvalue weighted by molar-refractivity contribution is 7.90. The predicted octanol–water partition coefficient (Wildman–Crippen LogP) is -0.809. The van der Waals surface area contributed by atoms with Crippen LogP contribution < -0.4 is 11.3 Å². The third-order valence-corrected chi connectivity index (χ3v) is 2.59. The number of nitrogens with two attached hydrogens (primary N) is 1. The fourth-order valence-corrected chi connectivity index (χ4v) is 1.50. The lowest BCUT2D eigenvalue weighted by Gasteiger charge is -2.20. The number of nitrogens with zero attached hydrogens (tertiary/aromatic N) is 2. The van der Waals surface area contributed by atoms with E-state index in [1.165, 1.54) is 6.26 Å². The van der Waals surface area contributed by atoms with Crippen molar-refractivity contribution in [2.24, 2.45) is 10.8 Å². The molecule has 0 atom stereocenters. The molecule has 6 nitrogen and oxygen atoms in total. The lowest BCUT2D eigenvalue weighted by atomic mass is 10.4. The zero-order valence-corrected chi connectivity index (χ0v) is 10.5. The van der Waals surface area contributed by atoms with Gasteiger partial charge in [-0.15, -0.1) is 0 Å². The molecular formula is C8H20N4O2S. The molecular weight excluding hydrogens is 216 g/mol. The van der Waals surface area contributed by atoms with Crippen molar-refractivity contribution < 1.29 is 8.42 Å². The molecule has 0 bridgehead atoms. The molecule has 0 unspecified atom stereocenters. The minimum Gasteiger partial charge on any atom is -0.344 e. The Kier molecular flexibility index (Phi) is 5.59. The van der Waals surface area contributed by atoms with Crippen molar-refractivity contribution in [1.29, 1.82) is 0 Å². The number of rotatable bonds is 4. The zero-order chi connectivity index (χ0) is 12.1. The third kappa shape index (κ3) is 7.15. The van der Waals surface area contributed by atoms with E-state index < -0.39 is 9.84 Å². The number of hydrogen-bond acceptors (Lipinski definition) is 4. The Bertz CT molecular complexity index is 311. The average Bonchev–Trinajstić information content (AvgIpc) is 2.08. The lowest BCUT2D eigenvalue weighted by Crippen LogP contribution is -2.44. The van der Waals surface area contributed by atoms with Gasteiger partial charge in [-0.3, -0.25) is 5.43 Å². The minimum absolute atomic E-state index is 0.0856. The SMILES string of the molecule is CC(C)N=C(NN)N(C)CCS(C)(=O)=O. The summed E-state index contributed by atoms with van der Waals surface area (Å²) in [6.07, 6.45) is 1.20. The van der Waals surface area contributed by atoms with Gasteiger partial charge < -0.3 is 4.90 Å². The Morgan fingerprint density at radius 1 is 1.53 bits per heavy atom.